The Bertz CT molecular complexity index is 836. The summed E-state index contributed by atoms with van der Waals surface area (Å²) in [5.41, 5.74) is 1.46. The number of nitrogens with one attached hydrogen (secondary N) is 2. The molecule has 1 aromatic carbocycles. The summed E-state index contributed by atoms with van der Waals surface area (Å²) in [7, 11) is 0. The van der Waals surface area contributed by atoms with Crippen molar-refractivity contribution in [1.82, 2.24) is 20.4 Å². The van der Waals surface area contributed by atoms with E-state index in [0.717, 1.165) is 0 Å². The number of carbonyl (C=O) groups excluding carboxylic acids is 3. The summed E-state index contributed by atoms with van der Waals surface area (Å²) < 4.78 is 13.7. The standard InChI is InChI=1S/C20H25FN4O3/c1-4-25-15-10-24(11-16(26)22-9-12(2)3)19(27)17(15)18(23-20(25)28)13-6-5-7-14(21)8-13/h5-8,12,18H,4,9-11H2,1-3H3,(H,22,26)(H,23,28). The van der Waals surface area contributed by atoms with Crippen LogP contribution in [0.2, 0.25) is 0 Å². The molecule has 3 rings (SSSR count). The lowest BCUT2D eigenvalue weighted by Gasteiger charge is -2.32. The number of nitrogens with zero attached hydrogens (tertiary/aromatic N) is 2. The summed E-state index contributed by atoms with van der Waals surface area (Å²) in [5.74, 6) is -0.699. The van der Waals surface area contributed by atoms with Gasteiger partial charge in [-0.15, -0.1) is 0 Å². The maximum atomic E-state index is 13.7. The zero-order valence-electron chi connectivity index (χ0n) is 16.3. The van der Waals surface area contributed by atoms with Crippen molar-refractivity contribution in [2.45, 2.75) is 26.8 Å². The molecule has 1 unspecified atom stereocenters. The summed E-state index contributed by atoms with van der Waals surface area (Å²) in [6.45, 7) is 6.80. The third-order valence-corrected chi connectivity index (χ3v) is 4.84. The van der Waals surface area contributed by atoms with Crippen molar-refractivity contribution in [2.75, 3.05) is 26.2 Å². The summed E-state index contributed by atoms with van der Waals surface area (Å²) in [5, 5.41) is 5.59. The Balaban J connectivity index is 1.87. The van der Waals surface area contributed by atoms with E-state index in [1.807, 2.05) is 20.8 Å². The number of hydrogen-bond donors (Lipinski definition) is 2. The molecule has 0 aromatic heterocycles. The van der Waals surface area contributed by atoms with Gasteiger partial charge in [0.25, 0.3) is 5.91 Å². The molecule has 0 saturated carbocycles. The summed E-state index contributed by atoms with van der Waals surface area (Å²) in [6, 6.07) is 4.75. The Morgan fingerprint density at radius 3 is 2.75 bits per heavy atom. The second-order valence-corrected chi connectivity index (χ2v) is 7.40. The zero-order chi connectivity index (χ0) is 20.4. The number of hydrogen-bond acceptors (Lipinski definition) is 3. The van der Waals surface area contributed by atoms with Gasteiger partial charge in [-0.25, -0.2) is 9.18 Å². The Kier molecular flexibility index (Phi) is 5.67. The average molecular weight is 388 g/mol. The fraction of sp³-hybridized carbons (Fsp3) is 0.450. The first kappa shape index (κ1) is 19.9. The van der Waals surface area contributed by atoms with Gasteiger partial charge < -0.3 is 15.5 Å². The van der Waals surface area contributed by atoms with Crippen molar-refractivity contribution < 1.29 is 18.8 Å². The molecular formula is C20H25FN4O3. The molecular weight excluding hydrogens is 363 g/mol. The van der Waals surface area contributed by atoms with E-state index in [1.165, 1.54) is 21.9 Å². The Labute approximate surface area is 163 Å². The van der Waals surface area contributed by atoms with E-state index >= 15 is 0 Å². The van der Waals surface area contributed by atoms with Crippen LogP contribution >= 0.6 is 0 Å². The van der Waals surface area contributed by atoms with Gasteiger partial charge in [-0.2, -0.15) is 0 Å². The minimum Gasteiger partial charge on any atom is -0.354 e. The lowest BCUT2D eigenvalue weighted by Crippen LogP contribution is -2.47. The van der Waals surface area contributed by atoms with Crippen LogP contribution in [0.25, 0.3) is 0 Å². The molecule has 7 nitrogen and oxygen atoms in total. The summed E-state index contributed by atoms with van der Waals surface area (Å²) in [4.78, 5) is 40.7. The van der Waals surface area contributed by atoms with Gasteiger partial charge in [0.2, 0.25) is 5.91 Å². The first-order valence-electron chi connectivity index (χ1n) is 9.44. The molecule has 0 saturated heterocycles. The molecule has 0 aliphatic carbocycles. The maximum Gasteiger partial charge on any atom is 0.322 e. The van der Waals surface area contributed by atoms with Crippen molar-refractivity contribution in [3.8, 4) is 0 Å². The normalized spacial score (nSPS) is 19.2. The fourth-order valence-electron chi connectivity index (χ4n) is 3.49. The third-order valence-electron chi connectivity index (χ3n) is 4.84. The van der Waals surface area contributed by atoms with Gasteiger partial charge in [0, 0.05) is 13.1 Å². The zero-order valence-corrected chi connectivity index (χ0v) is 16.3. The molecule has 4 amide bonds. The smallest absolute Gasteiger partial charge is 0.322 e. The largest absolute Gasteiger partial charge is 0.354 e. The molecule has 28 heavy (non-hydrogen) atoms. The van der Waals surface area contributed by atoms with Crippen LogP contribution < -0.4 is 10.6 Å². The molecule has 2 N–H and O–H groups in total. The number of halogens is 1. The van der Waals surface area contributed by atoms with Crippen molar-refractivity contribution in [3.05, 3.63) is 46.9 Å². The Morgan fingerprint density at radius 1 is 1.36 bits per heavy atom. The second kappa shape index (κ2) is 8.00. The van der Waals surface area contributed by atoms with E-state index < -0.39 is 11.9 Å². The minimum absolute atomic E-state index is 0.0832. The first-order valence-corrected chi connectivity index (χ1v) is 9.44. The van der Waals surface area contributed by atoms with Gasteiger partial charge in [0.05, 0.1) is 23.9 Å². The quantitative estimate of drug-likeness (QED) is 0.779. The highest BCUT2D eigenvalue weighted by atomic mass is 19.1. The molecule has 1 aromatic rings. The number of likely N-dealkylation sites (N-methyl/N-ethyl adjacent to an activating group) is 1. The number of amides is 4. The molecule has 2 aliphatic rings. The fourth-order valence-corrected chi connectivity index (χ4v) is 3.49. The van der Waals surface area contributed by atoms with Crippen LogP contribution in [0.4, 0.5) is 9.18 Å². The van der Waals surface area contributed by atoms with E-state index in [0.29, 0.717) is 35.8 Å². The molecule has 0 fully saturated rings. The van der Waals surface area contributed by atoms with Crippen molar-refractivity contribution in [1.29, 1.82) is 0 Å². The van der Waals surface area contributed by atoms with E-state index in [1.54, 1.807) is 12.1 Å². The lowest BCUT2D eigenvalue weighted by atomic mass is 9.95. The molecule has 150 valence electrons. The second-order valence-electron chi connectivity index (χ2n) is 7.40. The monoisotopic (exact) mass is 388 g/mol. The predicted molar refractivity (Wildman–Crippen MR) is 102 cm³/mol. The highest BCUT2D eigenvalue weighted by molar-refractivity contribution is 6.03. The topological polar surface area (TPSA) is 81.8 Å². The van der Waals surface area contributed by atoms with Crippen LogP contribution in [0.5, 0.6) is 0 Å². The molecule has 0 bridgehead atoms. The van der Waals surface area contributed by atoms with Crippen LogP contribution in [0.1, 0.15) is 32.4 Å². The van der Waals surface area contributed by atoms with Crippen LogP contribution in [0.3, 0.4) is 0 Å². The summed E-state index contributed by atoms with van der Waals surface area (Å²) >= 11 is 0. The van der Waals surface area contributed by atoms with E-state index in [4.69, 9.17) is 0 Å². The molecule has 0 radical (unpaired) electrons. The Hall–Kier alpha value is -2.90. The van der Waals surface area contributed by atoms with Crippen molar-refractivity contribution in [3.63, 3.8) is 0 Å². The lowest BCUT2D eigenvalue weighted by molar-refractivity contribution is -0.132. The van der Waals surface area contributed by atoms with Gasteiger partial charge in [0.15, 0.2) is 0 Å². The SMILES string of the molecule is CCN1C(=O)NC(c2cccc(F)c2)C2=C1CN(CC(=O)NCC(C)C)C2=O. The van der Waals surface area contributed by atoms with Crippen LogP contribution in [-0.4, -0.2) is 53.8 Å². The molecule has 8 heteroatoms. The number of rotatable bonds is 6. The van der Waals surface area contributed by atoms with Crippen LogP contribution in [-0.2, 0) is 9.59 Å². The van der Waals surface area contributed by atoms with Crippen LogP contribution in [0.15, 0.2) is 35.5 Å². The van der Waals surface area contributed by atoms with Gasteiger partial charge >= 0.3 is 6.03 Å². The first-order chi connectivity index (χ1) is 13.3. The number of urea groups is 1. The number of benzene rings is 1. The van der Waals surface area contributed by atoms with Gasteiger partial charge in [-0.3, -0.25) is 14.5 Å². The average Bonchev–Trinajstić information content (AvgIpc) is 2.95. The maximum absolute atomic E-state index is 13.7. The predicted octanol–water partition coefficient (Wildman–Crippen LogP) is 1.78. The van der Waals surface area contributed by atoms with Crippen molar-refractivity contribution >= 4 is 17.8 Å². The molecule has 1 atom stereocenters. The minimum atomic E-state index is -0.739. The molecule has 2 aliphatic heterocycles. The van der Waals surface area contributed by atoms with E-state index in [9.17, 15) is 18.8 Å². The number of carbonyl (C=O) groups is 3. The van der Waals surface area contributed by atoms with Gasteiger partial charge in [0.1, 0.15) is 12.4 Å². The van der Waals surface area contributed by atoms with Gasteiger partial charge in [-0.1, -0.05) is 26.0 Å². The highest BCUT2D eigenvalue weighted by Crippen LogP contribution is 2.36. The van der Waals surface area contributed by atoms with Crippen LogP contribution in [0, 0.1) is 11.7 Å². The third kappa shape index (κ3) is 3.85. The van der Waals surface area contributed by atoms with Crippen molar-refractivity contribution in [2.24, 2.45) is 5.92 Å². The summed E-state index contributed by atoms with van der Waals surface area (Å²) in [6.07, 6.45) is 0. The van der Waals surface area contributed by atoms with E-state index in [-0.39, 0.29) is 30.9 Å². The van der Waals surface area contributed by atoms with Gasteiger partial charge in [-0.05, 0) is 30.5 Å². The molecule has 2 heterocycles. The molecule has 0 spiro atoms. The Morgan fingerprint density at radius 2 is 2.11 bits per heavy atom. The highest BCUT2D eigenvalue weighted by Gasteiger charge is 2.44. The van der Waals surface area contributed by atoms with E-state index in [2.05, 4.69) is 10.6 Å².